The molecule has 0 bridgehead atoms. The van der Waals surface area contributed by atoms with Crippen LogP contribution in [0.1, 0.15) is 39.7 Å². The van der Waals surface area contributed by atoms with Gasteiger partial charge in [0.15, 0.2) is 11.3 Å². The Labute approximate surface area is 178 Å². The zero-order chi connectivity index (χ0) is 22.3. The minimum Gasteiger partial charge on any atom is -0.507 e. The fourth-order valence-electron chi connectivity index (χ4n) is 3.70. The highest BCUT2D eigenvalue weighted by molar-refractivity contribution is 5.87. The number of carbonyl (C=O) groups is 1. The molecule has 2 aromatic heterocycles. The van der Waals surface area contributed by atoms with E-state index in [4.69, 9.17) is 10.5 Å². The van der Waals surface area contributed by atoms with Crippen LogP contribution in [0.15, 0.2) is 24.3 Å². The van der Waals surface area contributed by atoms with Crippen molar-refractivity contribution < 1.29 is 19.0 Å². The molecule has 164 valence electrons. The number of nitrogen functional groups attached to an aromatic ring is 1. The summed E-state index contributed by atoms with van der Waals surface area (Å²) in [5.41, 5.74) is 7.13. The zero-order valence-corrected chi connectivity index (χ0v) is 17.7. The zero-order valence-electron chi connectivity index (χ0n) is 17.7. The number of phenols is 1. The summed E-state index contributed by atoms with van der Waals surface area (Å²) >= 11 is 0. The molecule has 3 aromatic rings. The van der Waals surface area contributed by atoms with Gasteiger partial charge in [0.05, 0.1) is 17.3 Å². The van der Waals surface area contributed by atoms with Crippen LogP contribution in [0.25, 0.3) is 22.3 Å². The van der Waals surface area contributed by atoms with Crippen molar-refractivity contribution in [3.05, 3.63) is 30.1 Å². The number of piperidine rings is 1. The highest BCUT2D eigenvalue weighted by atomic mass is 19.1. The third kappa shape index (κ3) is 4.23. The van der Waals surface area contributed by atoms with Gasteiger partial charge in [-0.05, 0) is 57.9 Å². The summed E-state index contributed by atoms with van der Waals surface area (Å²) in [5, 5.41) is 22.8. The number of carbonyl (C=O) groups excluding carboxylic acids is 1. The third-order valence-electron chi connectivity index (χ3n) is 5.18. The maximum Gasteiger partial charge on any atom is 0.410 e. The standard InChI is InChI=1S/C21H25FN6O3/c1-21(2,3)31-20(30)27-8-6-13(7-9-27)28-16-11-15(24-25-18(16)19(23)26-28)14-10-12(22)4-5-17(14)29/h4-5,10-11,13,29H,6-9H2,1-3H3,(H2,23,26). The lowest BCUT2D eigenvalue weighted by Crippen LogP contribution is -2.42. The van der Waals surface area contributed by atoms with E-state index in [2.05, 4.69) is 15.3 Å². The van der Waals surface area contributed by atoms with E-state index >= 15 is 0 Å². The van der Waals surface area contributed by atoms with Crippen LogP contribution in [0.3, 0.4) is 0 Å². The van der Waals surface area contributed by atoms with Crippen molar-refractivity contribution in [2.75, 3.05) is 18.8 Å². The molecular formula is C21H25FN6O3. The van der Waals surface area contributed by atoms with Crippen molar-refractivity contribution in [2.45, 2.75) is 45.3 Å². The number of ether oxygens (including phenoxy) is 1. The molecule has 1 aliphatic rings. The summed E-state index contributed by atoms with van der Waals surface area (Å²) in [5.74, 6) is -0.343. The Morgan fingerprint density at radius 2 is 1.94 bits per heavy atom. The normalized spacial score (nSPS) is 15.4. The second-order valence-corrected chi connectivity index (χ2v) is 8.65. The Morgan fingerprint density at radius 3 is 2.61 bits per heavy atom. The molecule has 4 rings (SSSR count). The summed E-state index contributed by atoms with van der Waals surface area (Å²) in [7, 11) is 0. The van der Waals surface area contributed by atoms with Crippen LogP contribution in [-0.2, 0) is 4.74 Å². The topological polar surface area (TPSA) is 119 Å². The predicted molar refractivity (Wildman–Crippen MR) is 113 cm³/mol. The van der Waals surface area contributed by atoms with Gasteiger partial charge in [0.2, 0.25) is 0 Å². The van der Waals surface area contributed by atoms with Gasteiger partial charge in [0.1, 0.15) is 17.2 Å². The quantitative estimate of drug-likeness (QED) is 0.641. The van der Waals surface area contributed by atoms with Crippen molar-refractivity contribution in [1.82, 2.24) is 24.9 Å². The fourth-order valence-corrected chi connectivity index (χ4v) is 3.70. The van der Waals surface area contributed by atoms with E-state index in [9.17, 15) is 14.3 Å². The number of hydrogen-bond acceptors (Lipinski definition) is 7. The molecule has 0 atom stereocenters. The van der Waals surface area contributed by atoms with Crippen LogP contribution >= 0.6 is 0 Å². The van der Waals surface area contributed by atoms with Gasteiger partial charge in [0.25, 0.3) is 0 Å². The van der Waals surface area contributed by atoms with Gasteiger partial charge in [-0.2, -0.15) is 5.10 Å². The number of phenolic OH excluding ortho intramolecular Hbond substituents is 1. The van der Waals surface area contributed by atoms with Crippen molar-refractivity contribution in [3.8, 4) is 17.0 Å². The Morgan fingerprint density at radius 1 is 1.23 bits per heavy atom. The molecule has 1 fully saturated rings. The van der Waals surface area contributed by atoms with Crippen LogP contribution in [0.4, 0.5) is 15.0 Å². The predicted octanol–water partition coefficient (Wildman–Crippen LogP) is 3.49. The molecule has 3 N–H and O–H groups in total. The molecule has 0 saturated carbocycles. The molecule has 0 unspecified atom stereocenters. The monoisotopic (exact) mass is 428 g/mol. The molecule has 3 heterocycles. The highest BCUT2D eigenvalue weighted by Gasteiger charge is 2.29. The van der Waals surface area contributed by atoms with Crippen molar-refractivity contribution in [1.29, 1.82) is 0 Å². The number of anilines is 1. The highest BCUT2D eigenvalue weighted by Crippen LogP contribution is 2.33. The first-order valence-corrected chi connectivity index (χ1v) is 10.1. The molecular weight excluding hydrogens is 403 g/mol. The van der Waals surface area contributed by atoms with Gasteiger partial charge < -0.3 is 20.5 Å². The van der Waals surface area contributed by atoms with E-state index in [1.807, 2.05) is 20.8 Å². The summed E-state index contributed by atoms with van der Waals surface area (Å²) < 4.78 is 20.9. The van der Waals surface area contributed by atoms with Gasteiger partial charge in [-0.1, -0.05) is 0 Å². The molecule has 0 aliphatic carbocycles. The number of nitrogens with zero attached hydrogens (tertiary/aromatic N) is 5. The summed E-state index contributed by atoms with van der Waals surface area (Å²) in [6.07, 6.45) is 1.00. The number of likely N-dealkylation sites (tertiary alicyclic amines) is 1. The largest absolute Gasteiger partial charge is 0.507 e. The number of benzene rings is 1. The van der Waals surface area contributed by atoms with Gasteiger partial charge >= 0.3 is 6.09 Å². The number of aromatic nitrogens is 4. The SMILES string of the molecule is CC(C)(C)OC(=O)N1CCC(n2nc(N)c3nnc(-c4cc(F)ccc4O)cc32)CC1. The lowest BCUT2D eigenvalue weighted by molar-refractivity contribution is 0.0186. The maximum absolute atomic E-state index is 13.7. The van der Waals surface area contributed by atoms with E-state index in [1.54, 1.807) is 15.6 Å². The van der Waals surface area contributed by atoms with E-state index < -0.39 is 11.4 Å². The fraction of sp³-hybridized carbons (Fsp3) is 0.429. The average molecular weight is 428 g/mol. The Balaban J connectivity index is 1.60. The van der Waals surface area contributed by atoms with Gasteiger partial charge in [0, 0.05) is 18.7 Å². The molecule has 31 heavy (non-hydrogen) atoms. The first kappa shape index (κ1) is 20.8. The maximum atomic E-state index is 13.7. The number of fused-ring (bicyclic) bond motifs is 1. The molecule has 9 nitrogen and oxygen atoms in total. The van der Waals surface area contributed by atoms with Gasteiger partial charge in [-0.3, -0.25) is 4.68 Å². The molecule has 1 aromatic carbocycles. The number of aromatic hydroxyl groups is 1. The number of amides is 1. The van der Waals surface area contributed by atoms with E-state index in [0.717, 1.165) is 0 Å². The Hall–Kier alpha value is -3.43. The smallest absolute Gasteiger partial charge is 0.410 e. The number of hydrogen-bond donors (Lipinski definition) is 2. The summed E-state index contributed by atoms with van der Waals surface area (Å²) in [4.78, 5) is 14.0. The van der Waals surface area contributed by atoms with E-state index in [1.165, 1.54) is 18.2 Å². The van der Waals surface area contributed by atoms with Gasteiger partial charge in [-0.25, -0.2) is 9.18 Å². The Bertz CT molecular complexity index is 1130. The summed E-state index contributed by atoms with van der Waals surface area (Å²) in [6, 6.07) is 5.34. The number of rotatable bonds is 2. The molecule has 0 spiro atoms. The minimum absolute atomic E-state index is 0.00311. The first-order valence-electron chi connectivity index (χ1n) is 10.1. The number of halogens is 1. The van der Waals surface area contributed by atoms with Gasteiger partial charge in [-0.15, -0.1) is 10.2 Å². The average Bonchev–Trinajstić information content (AvgIpc) is 3.04. The molecule has 1 saturated heterocycles. The number of nitrogens with two attached hydrogens (primary N) is 1. The van der Waals surface area contributed by atoms with Crippen molar-refractivity contribution in [3.63, 3.8) is 0 Å². The van der Waals surface area contributed by atoms with Crippen molar-refractivity contribution >= 4 is 22.9 Å². The Kier molecular flexibility index (Phi) is 5.16. The van der Waals surface area contributed by atoms with E-state index in [0.29, 0.717) is 42.7 Å². The second kappa shape index (κ2) is 7.68. The lowest BCUT2D eigenvalue weighted by Gasteiger charge is -2.33. The van der Waals surface area contributed by atoms with Crippen LogP contribution < -0.4 is 5.73 Å². The van der Waals surface area contributed by atoms with E-state index in [-0.39, 0.29) is 29.3 Å². The van der Waals surface area contributed by atoms with Crippen LogP contribution in [0, 0.1) is 5.82 Å². The molecule has 10 heteroatoms. The van der Waals surface area contributed by atoms with Crippen molar-refractivity contribution in [2.24, 2.45) is 0 Å². The second-order valence-electron chi connectivity index (χ2n) is 8.65. The lowest BCUT2D eigenvalue weighted by atomic mass is 10.1. The third-order valence-corrected chi connectivity index (χ3v) is 5.18. The summed E-state index contributed by atoms with van der Waals surface area (Å²) in [6.45, 7) is 6.57. The molecule has 1 amide bonds. The minimum atomic E-state index is -0.544. The first-order chi connectivity index (χ1) is 14.6. The van der Waals surface area contributed by atoms with Crippen LogP contribution in [0.2, 0.25) is 0 Å². The molecule has 0 radical (unpaired) electrons. The molecule has 1 aliphatic heterocycles. The van der Waals surface area contributed by atoms with Crippen LogP contribution in [0.5, 0.6) is 5.75 Å². The van der Waals surface area contributed by atoms with Crippen LogP contribution in [-0.4, -0.2) is 54.8 Å².